The van der Waals surface area contributed by atoms with E-state index in [-0.39, 0.29) is 0 Å². The Balaban J connectivity index is 2.20. The first-order valence-corrected chi connectivity index (χ1v) is 6.63. The Bertz CT molecular complexity index is 172. The molecule has 1 rings (SSSR count). The predicted molar refractivity (Wildman–Crippen MR) is 68.0 cm³/mol. The summed E-state index contributed by atoms with van der Waals surface area (Å²) in [7, 11) is 0. The third kappa shape index (κ3) is 4.55. The van der Waals surface area contributed by atoms with E-state index in [0.717, 1.165) is 11.8 Å². The maximum absolute atomic E-state index is 3.71. The van der Waals surface area contributed by atoms with E-state index in [1.807, 2.05) is 0 Å². The molecule has 90 valence electrons. The third-order valence-electron chi connectivity index (χ3n) is 4.15. The highest BCUT2D eigenvalue weighted by atomic mass is 14.9. The predicted octanol–water partition coefficient (Wildman–Crippen LogP) is 3.84. The summed E-state index contributed by atoms with van der Waals surface area (Å²) in [6, 6.07) is 0.622. The highest BCUT2D eigenvalue weighted by molar-refractivity contribution is 4.79. The Kier molecular flexibility index (Phi) is 4.64. The number of hydrogen-bond donors (Lipinski definition) is 1. The van der Waals surface area contributed by atoms with Crippen molar-refractivity contribution in [1.82, 2.24) is 5.32 Å². The standard InChI is InChI=1S/C14H29N/c1-11-6-8-13(9-7-11)10-15-12(2)14(3,4)5/h11-13,15H,6-10H2,1-5H3. The molecule has 0 bridgehead atoms. The maximum Gasteiger partial charge on any atom is 0.00873 e. The van der Waals surface area contributed by atoms with Gasteiger partial charge in [-0.05, 0) is 43.6 Å². The third-order valence-corrected chi connectivity index (χ3v) is 4.15. The van der Waals surface area contributed by atoms with E-state index < -0.39 is 0 Å². The second-order valence-electron chi connectivity index (χ2n) is 6.62. The second kappa shape index (κ2) is 5.34. The van der Waals surface area contributed by atoms with Crippen molar-refractivity contribution >= 4 is 0 Å². The molecular weight excluding hydrogens is 182 g/mol. The first-order chi connectivity index (χ1) is 6.89. The van der Waals surface area contributed by atoms with Crippen LogP contribution in [0.1, 0.15) is 60.3 Å². The first kappa shape index (κ1) is 13.0. The summed E-state index contributed by atoms with van der Waals surface area (Å²) >= 11 is 0. The molecule has 0 radical (unpaired) electrons. The zero-order valence-electron chi connectivity index (χ0n) is 11.3. The van der Waals surface area contributed by atoms with Gasteiger partial charge in [0.1, 0.15) is 0 Å². The largest absolute Gasteiger partial charge is 0.313 e. The SMILES string of the molecule is CC1CCC(CNC(C)C(C)(C)C)CC1. The van der Waals surface area contributed by atoms with E-state index in [2.05, 4.69) is 39.9 Å². The molecule has 0 aromatic carbocycles. The van der Waals surface area contributed by atoms with E-state index in [9.17, 15) is 0 Å². The van der Waals surface area contributed by atoms with Crippen LogP contribution in [0.25, 0.3) is 0 Å². The summed E-state index contributed by atoms with van der Waals surface area (Å²) < 4.78 is 0. The molecule has 0 aromatic rings. The quantitative estimate of drug-likeness (QED) is 0.748. The zero-order chi connectivity index (χ0) is 11.5. The van der Waals surface area contributed by atoms with Crippen molar-refractivity contribution < 1.29 is 0 Å². The van der Waals surface area contributed by atoms with E-state index in [1.165, 1.54) is 32.2 Å². The minimum absolute atomic E-state index is 0.391. The Hall–Kier alpha value is -0.0400. The first-order valence-electron chi connectivity index (χ1n) is 6.63. The van der Waals surface area contributed by atoms with Crippen LogP contribution in [-0.4, -0.2) is 12.6 Å². The summed E-state index contributed by atoms with van der Waals surface area (Å²) in [5.74, 6) is 1.91. The number of nitrogens with one attached hydrogen (secondary N) is 1. The number of rotatable bonds is 3. The maximum atomic E-state index is 3.71. The van der Waals surface area contributed by atoms with Gasteiger partial charge in [0.05, 0.1) is 0 Å². The van der Waals surface area contributed by atoms with E-state index in [1.54, 1.807) is 0 Å². The molecule has 1 saturated carbocycles. The fraction of sp³-hybridized carbons (Fsp3) is 1.00. The molecule has 0 amide bonds. The molecule has 1 fully saturated rings. The van der Waals surface area contributed by atoms with E-state index >= 15 is 0 Å². The van der Waals surface area contributed by atoms with Crippen molar-refractivity contribution in [2.24, 2.45) is 17.3 Å². The fourth-order valence-corrected chi connectivity index (χ4v) is 2.18. The Morgan fingerprint density at radius 3 is 2.13 bits per heavy atom. The summed E-state index contributed by atoms with van der Waals surface area (Å²) in [4.78, 5) is 0. The second-order valence-corrected chi connectivity index (χ2v) is 6.62. The van der Waals surface area contributed by atoms with Gasteiger partial charge in [-0.3, -0.25) is 0 Å². The molecule has 1 heteroatoms. The summed E-state index contributed by atoms with van der Waals surface area (Å²) in [5, 5.41) is 3.71. The highest BCUT2D eigenvalue weighted by Crippen LogP contribution is 2.28. The van der Waals surface area contributed by atoms with Gasteiger partial charge in [-0.15, -0.1) is 0 Å². The zero-order valence-corrected chi connectivity index (χ0v) is 11.3. The molecule has 1 N–H and O–H groups in total. The smallest absolute Gasteiger partial charge is 0.00873 e. The molecule has 0 heterocycles. The van der Waals surface area contributed by atoms with E-state index in [0.29, 0.717) is 11.5 Å². The lowest BCUT2D eigenvalue weighted by Gasteiger charge is -2.32. The van der Waals surface area contributed by atoms with Crippen LogP contribution in [0.3, 0.4) is 0 Å². The van der Waals surface area contributed by atoms with Crippen LogP contribution in [-0.2, 0) is 0 Å². The Labute approximate surface area is 96.0 Å². The molecular formula is C14H29N. The molecule has 0 saturated heterocycles. The Morgan fingerprint density at radius 2 is 1.67 bits per heavy atom. The van der Waals surface area contributed by atoms with Crippen molar-refractivity contribution in [3.63, 3.8) is 0 Å². The van der Waals surface area contributed by atoms with Crippen molar-refractivity contribution in [2.75, 3.05) is 6.54 Å². The molecule has 0 aromatic heterocycles. The van der Waals surface area contributed by atoms with Gasteiger partial charge in [0, 0.05) is 6.04 Å². The lowest BCUT2D eigenvalue weighted by molar-refractivity contribution is 0.236. The average molecular weight is 211 g/mol. The molecule has 0 spiro atoms. The van der Waals surface area contributed by atoms with Gasteiger partial charge in [0.15, 0.2) is 0 Å². The molecule has 15 heavy (non-hydrogen) atoms. The van der Waals surface area contributed by atoms with Crippen LogP contribution >= 0.6 is 0 Å². The Morgan fingerprint density at radius 1 is 1.13 bits per heavy atom. The van der Waals surface area contributed by atoms with Gasteiger partial charge in [0.25, 0.3) is 0 Å². The summed E-state index contributed by atoms with van der Waals surface area (Å²) in [5.41, 5.74) is 0.391. The van der Waals surface area contributed by atoms with Crippen molar-refractivity contribution in [1.29, 1.82) is 0 Å². The monoisotopic (exact) mass is 211 g/mol. The van der Waals surface area contributed by atoms with Crippen LogP contribution in [0.2, 0.25) is 0 Å². The van der Waals surface area contributed by atoms with Crippen LogP contribution in [0.15, 0.2) is 0 Å². The highest BCUT2D eigenvalue weighted by Gasteiger charge is 2.22. The van der Waals surface area contributed by atoms with Gasteiger partial charge in [-0.25, -0.2) is 0 Å². The van der Waals surface area contributed by atoms with Gasteiger partial charge >= 0.3 is 0 Å². The normalized spacial score (nSPS) is 30.2. The minimum Gasteiger partial charge on any atom is -0.313 e. The molecule has 1 unspecified atom stereocenters. The van der Waals surface area contributed by atoms with Crippen molar-refractivity contribution in [2.45, 2.75) is 66.3 Å². The number of hydrogen-bond acceptors (Lipinski definition) is 1. The fourth-order valence-electron chi connectivity index (χ4n) is 2.18. The van der Waals surface area contributed by atoms with Crippen molar-refractivity contribution in [3.05, 3.63) is 0 Å². The summed E-state index contributed by atoms with van der Waals surface area (Å²) in [6.07, 6.45) is 5.75. The molecule has 1 aliphatic rings. The molecule has 1 nitrogen and oxygen atoms in total. The molecule has 0 aliphatic heterocycles. The minimum atomic E-state index is 0.391. The van der Waals surface area contributed by atoms with Crippen LogP contribution < -0.4 is 5.32 Å². The van der Waals surface area contributed by atoms with Gasteiger partial charge in [0.2, 0.25) is 0 Å². The molecule has 1 atom stereocenters. The van der Waals surface area contributed by atoms with E-state index in [4.69, 9.17) is 0 Å². The lowest BCUT2D eigenvalue weighted by atomic mass is 9.82. The van der Waals surface area contributed by atoms with Crippen LogP contribution in [0.4, 0.5) is 0 Å². The van der Waals surface area contributed by atoms with Crippen LogP contribution in [0, 0.1) is 17.3 Å². The van der Waals surface area contributed by atoms with Gasteiger partial charge in [-0.1, -0.05) is 40.5 Å². The topological polar surface area (TPSA) is 12.0 Å². The van der Waals surface area contributed by atoms with Crippen molar-refractivity contribution in [3.8, 4) is 0 Å². The van der Waals surface area contributed by atoms with Gasteiger partial charge < -0.3 is 5.32 Å². The summed E-state index contributed by atoms with van der Waals surface area (Å²) in [6.45, 7) is 12.9. The van der Waals surface area contributed by atoms with Crippen LogP contribution in [0.5, 0.6) is 0 Å². The van der Waals surface area contributed by atoms with Gasteiger partial charge in [-0.2, -0.15) is 0 Å². The molecule has 1 aliphatic carbocycles. The average Bonchev–Trinajstić information content (AvgIpc) is 2.15. The lowest BCUT2D eigenvalue weighted by Crippen LogP contribution is -2.40.